The third kappa shape index (κ3) is 6.82. The Morgan fingerprint density at radius 3 is 2.60 bits per heavy atom. The highest BCUT2D eigenvalue weighted by molar-refractivity contribution is 5.91. The Bertz CT molecular complexity index is 1650. The second kappa shape index (κ2) is 12.2. The average molecular weight is 589 g/mol. The second-order valence-corrected chi connectivity index (χ2v) is 11.6. The van der Waals surface area contributed by atoms with Crippen LogP contribution < -0.4 is 14.8 Å². The van der Waals surface area contributed by atoms with E-state index in [1.807, 2.05) is 31.2 Å². The number of benzene rings is 2. The minimum atomic E-state index is -1.20. The number of rotatable bonds is 11. The van der Waals surface area contributed by atoms with Crippen molar-refractivity contribution < 1.29 is 33.7 Å². The van der Waals surface area contributed by atoms with Crippen LogP contribution in [0.3, 0.4) is 0 Å². The number of carboxylic acids is 1. The van der Waals surface area contributed by atoms with Crippen molar-refractivity contribution in [2.75, 3.05) is 6.79 Å². The molecule has 1 aliphatic rings. The highest BCUT2D eigenvalue weighted by atomic mass is 16.7. The van der Waals surface area contributed by atoms with Crippen molar-refractivity contribution in [1.29, 1.82) is 0 Å². The Balaban J connectivity index is 1.48. The van der Waals surface area contributed by atoms with Gasteiger partial charge < -0.3 is 34.6 Å². The average Bonchev–Trinajstić information content (AvgIpc) is 3.69. The van der Waals surface area contributed by atoms with Crippen LogP contribution in [0.15, 0.2) is 48.7 Å². The van der Waals surface area contributed by atoms with Crippen LogP contribution in [-0.2, 0) is 33.6 Å². The van der Waals surface area contributed by atoms with E-state index in [1.54, 1.807) is 45.2 Å². The fourth-order valence-electron chi connectivity index (χ4n) is 5.15. The van der Waals surface area contributed by atoms with Gasteiger partial charge >= 0.3 is 11.9 Å². The number of nitrogens with zero attached hydrogens (tertiary/aromatic N) is 1. The van der Waals surface area contributed by atoms with Gasteiger partial charge in [-0.15, -0.1) is 0 Å². The number of carboxylic acid groups (broad SMARTS) is 1. The molecule has 0 saturated heterocycles. The number of esters is 1. The summed E-state index contributed by atoms with van der Waals surface area (Å²) in [7, 11) is 0. The molecule has 2 aromatic heterocycles. The van der Waals surface area contributed by atoms with Gasteiger partial charge in [0, 0.05) is 36.4 Å². The summed E-state index contributed by atoms with van der Waals surface area (Å²) in [5, 5.41) is 13.7. The summed E-state index contributed by atoms with van der Waals surface area (Å²) < 4.78 is 16.6. The largest absolute Gasteiger partial charge is 0.480 e. The first-order chi connectivity index (χ1) is 20.5. The third-order valence-electron chi connectivity index (χ3n) is 7.14. The van der Waals surface area contributed by atoms with Crippen LogP contribution in [0.4, 0.5) is 0 Å². The molecule has 1 aliphatic heterocycles. The molecule has 43 heavy (non-hydrogen) atoms. The molecule has 0 saturated carbocycles. The molecule has 0 fully saturated rings. The first-order valence-corrected chi connectivity index (χ1v) is 14.3. The molecule has 226 valence electrons. The Labute approximate surface area is 249 Å². The fourth-order valence-corrected chi connectivity index (χ4v) is 5.15. The number of aliphatic carboxylic acids is 1. The van der Waals surface area contributed by atoms with Gasteiger partial charge in [-0.3, -0.25) is 4.79 Å². The highest BCUT2D eigenvalue weighted by Gasteiger charge is 2.32. The molecule has 0 radical (unpaired) electrons. The van der Waals surface area contributed by atoms with Crippen molar-refractivity contribution in [3.8, 4) is 11.5 Å². The van der Waals surface area contributed by atoms with Gasteiger partial charge in [0.1, 0.15) is 17.5 Å². The van der Waals surface area contributed by atoms with E-state index in [1.165, 1.54) is 0 Å². The van der Waals surface area contributed by atoms with Crippen LogP contribution in [0, 0.1) is 0 Å². The first-order valence-electron chi connectivity index (χ1n) is 14.3. The smallest absolute Gasteiger partial charge is 0.359 e. The van der Waals surface area contributed by atoms with E-state index >= 15 is 0 Å². The monoisotopic (exact) mass is 588 g/mol. The minimum absolute atomic E-state index is 0.0379. The molecule has 0 aliphatic carbocycles. The van der Waals surface area contributed by atoms with E-state index in [0.29, 0.717) is 35.0 Å². The van der Waals surface area contributed by atoms with Crippen molar-refractivity contribution in [2.45, 2.75) is 70.9 Å². The quantitative estimate of drug-likeness (QED) is 0.184. The summed E-state index contributed by atoms with van der Waals surface area (Å²) in [4.78, 5) is 50.4. The molecule has 1 unspecified atom stereocenters. The van der Waals surface area contributed by atoms with E-state index in [9.17, 15) is 19.5 Å². The molecule has 5 rings (SSSR count). The topological polar surface area (TPSA) is 156 Å². The molecule has 1 amide bonds. The lowest BCUT2D eigenvalue weighted by Crippen LogP contribution is -2.44. The zero-order valence-electron chi connectivity index (χ0n) is 24.7. The van der Waals surface area contributed by atoms with Crippen LogP contribution >= 0.6 is 0 Å². The van der Waals surface area contributed by atoms with Gasteiger partial charge in [0.2, 0.25) is 12.7 Å². The molecule has 4 aromatic rings. The molecule has 11 nitrogen and oxygen atoms in total. The lowest BCUT2D eigenvalue weighted by molar-refractivity contribution is -0.142. The third-order valence-corrected chi connectivity index (χ3v) is 7.14. The molecule has 0 spiro atoms. The number of amides is 1. The van der Waals surface area contributed by atoms with Gasteiger partial charge in [0.25, 0.3) is 0 Å². The number of nitrogens with one attached hydrogen (secondary N) is 3. The lowest BCUT2D eigenvalue weighted by Gasteiger charge is -2.22. The van der Waals surface area contributed by atoms with Gasteiger partial charge in [0.15, 0.2) is 17.2 Å². The van der Waals surface area contributed by atoms with E-state index < -0.39 is 35.4 Å². The van der Waals surface area contributed by atoms with E-state index in [2.05, 4.69) is 20.3 Å². The van der Waals surface area contributed by atoms with Gasteiger partial charge in [-0.05, 0) is 56.5 Å². The molecule has 4 N–H and O–H groups in total. The van der Waals surface area contributed by atoms with Gasteiger partial charge in [-0.25, -0.2) is 14.6 Å². The predicted molar refractivity (Wildman–Crippen MR) is 158 cm³/mol. The summed E-state index contributed by atoms with van der Waals surface area (Å²) in [5.74, 6) is -1.55. The number of imidazole rings is 1. The predicted octanol–water partition coefficient (Wildman–Crippen LogP) is 4.67. The molecular weight excluding hydrogens is 552 g/mol. The lowest BCUT2D eigenvalue weighted by atomic mass is 9.91. The molecule has 0 bridgehead atoms. The number of aromatic amines is 2. The van der Waals surface area contributed by atoms with Crippen molar-refractivity contribution >= 4 is 28.7 Å². The summed E-state index contributed by atoms with van der Waals surface area (Å²) in [6.07, 6.45) is 3.27. The maximum absolute atomic E-state index is 14.0. The van der Waals surface area contributed by atoms with Gasteiger partial charge in [-0.1, -0.05) is 31.2 Å². The Hall–Kier alpha value is -4.80. The van der Waals surface area contributed by atoms with Crippen molar-refractivity contribution in [3.05, 3.63) is 77.0 Å². The van der Waals surface area contributed by atoms with Crippen LogP contribution in [0.1, 0.15) is 73.2 Å². The SMILES string of the molecule is CCCc1nc(C(=O)OC(C)(C)C)c(CC(C(=O)N[C@@H](Cc2c[nH]c3ccccc23)C(=O)O)c2ccc3c(c2)OCO3)[nH]1. The van der Waals surface area contributed by atoms with Crippen LogP contribution in [0.25, 0.3) is 10.9 Å². The molecular formula is C32H36N4O7. The number of hydrogen-bond donors (Lipinski definition) is 4. The number of aromatic nitrogens is 3. The van der Waals surface area contributed by atoms with Crippen molar-refractivity contribution in [1.82, 2.24) is 20.3 Å². The van der Waals surface area contributed by atoms with Crippen LogP contribution in [0.2, 0.25) is 0 Å². The summed E-state index contributed by atoms with van der Waals surface area (Å²) in [5.41, 5.74) is 2.00. The van der Waals surface area contributed by atoms with Gasteiger partial charge in [0.05, 0.1) is 11.6 Å². The number of hydrogen-bond acceptors (Lipinski definition) is 7. The van der Waals surface area contributed by atoms with E-state index in [-0.39, 0.29) is 25.3 Å². The molecule has 11 heteroatoms. The zero-order valence-corrected chi connectivity index (χ0v) is 24.7. The fraction of sp³-hybridized carbons (Fsp3) is 0.375. The number of carbonyl (C=O) groups is 3. The summed E-state index contributed by atoms with van der Waals surface area (Å²) in [6.45, 7) is 7.37. The number of para-hydroxylation sites is 1. The number of ether oxygens (including phenoxy) is 3. The number of aryl methyl sites for hydroxylation is 1. The van der Waals surface area contributed by atoms with Crippen molar-refractivity contribution in [3.63, 3.8) is 0 Å². The summed E-state index contributed by atoms with van der Waals surface area (Å²) in [6, 6.07) is 11.5. The Morgan fingerprint density at radius 1 is 1.09 bits per heavy atom. The maximum atomic E-state index is 14.0. The number of carbonyl (C=O) groups excluding carboxylic acids is 2. The minimum Gasteiger partial charge on any atom is -0.480 e. The Kier molecular flexibility index (Phi) is 8.43. The van der Waals surface area contributed by atoms with E-state index in [0.717, 1.165) is 22.9 Å². The molecule has 2 atom stereocenters. The normalized spacial score (nSPS) is 14.0. The maximum Gasteiger partial charge on any atom is 0.359 e. The standard InChI is InChI=1S/C32H36N4O7/c1-5-8-27-34-23(28(36-27)31(40)43-32(2,3)4)15-21(18-11-12-25-26(14-18)42-17-41-25)29(37)35-24(30(38)39)13-19-16-33-22-10-7-6-9-20(19)22/h6-7,9-12,14,16,21,24,33H,5,8,13,15,17H2,1-4H3,(H,34,36)(H,35,37)(H,38,39)/t21?,24-/m0/s1. The Morgan fingerprint density at radius 2 is 1.86 bits per heavy atom. The number of H-pyrrole nitrogens is 2. The summed E-state index contributed by atoms with van der Waals surface area (Å²) >= 11 is 0. The number of fused-ring (bicyclic) bond motifs is 2. The van der Waals surface area contributed by atoms with Crippen molar-refractivity contribution in [2.24, 2.45) is 0 Å². The second-order valence-electron chi connectivity index (χ2n) is 11.6. The van der Waals surface area contributed by atoms with Gasteiger partial charge in [-0.2, -0.15) is 0 Å². The molecule has 2 aromatic carbocycles. The first kappa shape index (κ1) is 29.7. The van der Waals surface area contributed by atoms with E-state index in [4.69, 9.17) is 14.2 Å². The highest BCUT2D eigenvalue weighted by Crippen LogP contribution is 2.36. The van der Waals surface area contributed by atoms with Crippen LogP contribution in [0.5, 0.6) is 11.5 Å². The zero-order chi connectivity index (χ0) is 30.7. The molecule has 3 heterocycles. The van der Waals surface area contributed by atoms with Crippen LogP contribution in [-0.4, -0.2) is 56.3 Å².